The van der Waals surface area contributed by atoms with Crippen molar-refractivity contribution in [2.45, 2.75) is 45.1 Å². The number of carbonyl (C=O) groups excluding carboxylic acids is 1. The van der Waals surface area contributed by atoms with Crippen molar-refractivity contribution in [3.63, 3.8) is 0 Å². The summed E-state index contributed by atoms with van der Waals surface area (Å²) in [5.41, 5.74) is 9.37. The van der Waals surface area contributed by atoms with Gasteiger partial charge in [-0.25, -0.2) is 4.39 Å². The van der Waals surface area contributed by atoms with Crippen LogP contribution in [0.25, 0.3) is 0 Å². The van der Waals surface area contributed by atoms with Crippen LogP contribution in [-0.4, -0.2) is 56.5 Å². The number of carbonyl (C=O) groups is 1. The first kappa shape index (κ1) is 25.3. The number of hydrogen-bond acceptors (Lipinski definition) is 6. The summed E-state index contributed by atoms with van der Waals surface area (Å²) in [4.78, 5) is 14.3. The highest BCUT2D eigenvalue weighted by Crippen LogP contribution is 2.34. The Bertz CT molecular complexity index is 1030. The lowest BCUT2D eigenvalue weighted by Gasteiger charge is -2.22. The van der Waals surface area contributed by atoms with Crippen molar-refractivity contribution in [2.24, 2.45) is 11.7 Å². The average molecular weight is 486 g/mol. The maximum Gasteiger partial charge on any atom is 0.250 e. The van der Waals surface area contributed by atoms with Gasteiger partial charge in [-0.1, -0.05) is 6.07 Å². The molecular weight excluding hydrogens is 449 g/mol. The van der Waals surface area contributed by atoms with Gasteiger partial charge in [-0.05, 0) is 74.3 Å². The summed E-state index contributed by atoms with van der Waals surface area (Å²) in [6, 6.07) is 8.57. The van der Waals surface area contributed by atoms with Gasteiger partial charge in [0.05, 0.1) is 17.9 Å². The molecule has 0 unspecified atom stereocenters. The smallest absolute Gasteiger partial charge is 0.250 e. The van der Waals surface area contributed by atoms with Crippen LogP contribution >= 0.6 is 0 Å². The number of nitrogens with zero attached hydrogens (tertiary/aromatic N) is 1. The first-order valence-electron chi connectivity index (χ1n) is 12.5. The normalized spacial score (nSPS) is 15.7. The number of rotatable bonds is 14. The largest absolute Gasteiger partial charge is 0.489 e. The number of aliphatic hydroxyl groups excluding tert-OH is 1. The third kappa shape index (κ3) is 6.86. The Hall–Kier alpha value is -2.84. The van der Waals surface area contributed by atoms with Crippen LogP contribution in [0.15, 0.2) is 30.3 Å². The fraction of sp³-hybridized carbons (Fsp3) is 0.519. The average Bonchev–Trinajstić information content (AvgIpc) is 3.57. The van der Waals surface area contributed by atoms with Gasteiger partial charge in [-0.3, -0.25) is 4.79 Å². The number of benzene rings is 2. The lowest BCUT2D eigenvalue weighted by molar-refractivity contribution is 0.100. The molecule has 1 amide bonds. The second-order valence-electron chi connectivity index (χ2n) is 9.58. The third-order valence-electron chi connectivity index (χ3n) is 6.54. The first-order valence-corrected chi connectivity index (χ1v) is 12.5. The van der Waals surface area contributed by atoms with Crippen LogP contribution in [-0.2, 0) is 12.8 Å². The molecule has 8 heteroatoms. The summed E-state index contributed by atoms with van der Waals surface area (Å²) in [6.07, 6.45) is 4.63. The van der Waals surface area contributed by atoms with Gasteiger partial charge in [0.1, 0.15) is 12.4 Å². The number of halogens is 1. The predicted octanol–water partition coefficient (Wildman–Crippen LogP) is 3.06. The molecule has 2 aromatic rings. The monoisotopic (exact) mass is 485 g/mol. The van der Waals surface area contributed by atoms with E-state index in [1.165, 1.54) is 25.0 Å². The van der Waals surface area contributed by atoms with E-state index >= 15 is 0 Å². The number of aliphatic hydroxyl groups is 1. The molecule has 1 heterocycles. The molecule has 0 aromatic heterocycles. The maximum absolute atomic E-state index is 13.7. The zero-order valence-corrected chi connectivity index (χ0v) is 20.4. The highest BCUT2D eigenvalue weighted by Gasteiger charge is 2.25. The van der Waals surface area contributed by atoms with Gasteiger partial charge in [-0.15, -0.1) is 0 Å². The number of nitrogens with two attached hydrogens (primary N) is 1. The number of nitrogens with one attached hydrogen (secondary N) is 1. The van der Waals surface area contributed by atoms with E-state index in [1.807, 2.05) is 6.07 Å². The van der Waals surface area contributed by atoms with Crippen molar-refractivity contribution in [1.82, 2.24) is 5.32 Å². The van der Waals surface area contributed by atoms with Crippen molar-refractivity contribution in [3.05, 3.63) is 52.8 Å². The van der Waals surface area contributed by atoms with Crippen LogP contribution in [0.4, 0.5) is 10.1 Å². The van der Waals surface area contributed by atoms with Gasteiger partial charge in [0.15, 0.2) is 11.5 Å². The Morgan fingerprint density at radius 2 is 2.09 bits per heavy atom. The Morgan fingerprint density at radius 1 is 1.26 bits per heavy atom. The number of ether oxygens (including phenoxy) is 2. The molecule has 1 aliphatic heterocycles. The minimum atomic E-state index is -0.428. The van der Waals surface area contributed by atoms with Gasteiger partial charge >= 0.3 is 0 Å². The highest BCUT2D eigenvalue weighted by atomic mass is 19.1. The van der Waals surface area contributed by atoms with Crippen molar-refractivity contribution in [1.29, 1.82) is 0 Å². The predicted molar refractivity (Wildman–Crippen MR) is 134 cm³/mol. The molecule has 2 aliphatic rings. The molecule has 190 valence electrons. The molecule has 0 bridgehead atoms. The maximum atomic E-state index is 13.7. The lowest BCUT2D eigenvalue weighted by atomic mass is 9.98. The van der Waals surface area contributed by atoms with E-state index < -0.39 is 5.91 Å². The van der Waals surface area contributed by atoms with Gasteiger partial charge < -0.3 is 30.5 Å². The summed E-state index contributed by atoms with van der Waals surface area (Å²) < 4.78 is 25.3. The summed E-state index contributed by atoms with van der Waals surface area (Å²) in [5.74, 6) is 0.833. The van der Waals surface area contributed by atoms with Gasteiger partial charge in [-0.2, -0.15) is 0 Å². The fourth-order valence-electron chi connectivity index (χ4n) is 4.58. The van der Waals surface area contributed by atoms with E-state index in [-0.39, 0.29) is 18.5 Å². The van der Waals surface area contributed by atoms with E-state index in [1.54, 1.807) is 6.07 Å². The molecule has 1 atom stereocenters. The standard InChI is InChI=1S/C27H36FN3O4/c1-18(30-8-12-34-25-16-22(28)5-6-24(25)35-17-19-3-4-19)13-20-14-21-7-10-31(9-2-11-32)26(21)23(15-20)27(29)33/h5-6,14-16,18-19,30,32H,2-4,7-13,17H2,1H3,(H2,29,33)/t18-/m1/s1. The molecule has 4 N–H and O–H groups in total. The summed E-state index contributed by atoms with van der Waals surface area (Å²) in [5, 5.41) is 12.6. The molecule has 35 heavy (non-hydrogen) atoms. The molecule has 2 aromatic carbocycles. The highest BCUT2D eigenvalue weighted by molar-refractivity contribution is 6.00. The van der Waals surface area contributed by atoms with Crippen LogP contribution in [0.1, 0.15) is 47.7 Å². The van der Waals surface area contributed by atoms with Crippen LogP contribution in [0.3, 0.4) is 0 Å². The quantitative estimate of drug-likeness (QED) is 0.356. The number of amides is 1. The molecule has 7 nitrogen and oxygen atoms in total. The minimum Gasteiger partial charge on any atom is -0.489 e. The number of fused-ring (bicyclic) bond motifs is 1. The first-order chi connectivity index (χ1) is 16.9. The molecule has 1 fully saturated rings. The van der Waals surface area contributed by atoms with E-state index in [0.29, 0.717) is 55.7 Å². The molecule has 0 saturated heterocycles. The summed E-state index contributed by atoms with van der Waals surface area (Å²) in [6.45, 7) is 5.35. The third-order valence-corrected chi connectivity index (χ3v) is 6.54. The van der Waals surface area contributed by atoms with Crippen molar-refractivity contribution in [2.75, 3.05) is 44.4 Å². The molecule has 1 aliphatic carbocycles. The van der Waals surface area contributed by atoms with Crippen molar-refractivity contribution < 1.29 is 23.8 Å². The van der Waals surface area contributed by atoms with Crippen LogP contribution in [0.2, 0.25) is 0 Å². The van der Waals surface area contributed by atoms with E-state index in [9.17, 15) is 9.18 Å². The Balaban J connectivity index is 1.30. The number of primary amides is 1. The van der Waals surface area contributed by atoms with Gasteiger partial charge in [0.25, 0.3) is 5.91 Å². The number of hydrogen-bond donors (Lipinski definition) is 3. The zero-order valence-electron chi connectivity index (χ0n) is 20.4. The second kappa shape index (κ2) is 11.7. The van der Waals surface area contributed by atoms with Gasteiger partial charge in [0.2, 0.25) is 0 Å². The molecular formula is C27H36FN3O4. The van der Waals surface area contributed by atoms with E-state index in [4.69, 9.17) is 20.3 Å². The van der Waals surface area contributed by atoms with E-state index in [0.717, 1.165) is 36.2 Å². The summed E-state index contributed by atoms with van der Waals surface area (Å²) >= 11 is 0. The van der Waals surface area contributed by atoms with Crippen molar-refractivity contribution in [3.8, 4) is 11.5 Å². The Kier molecular flexibility index (Phi) is 8.46. The molecule has 0 spiro atoms. The number of anilines is 1. The molecule has 1 saturated carbocycles. The minimum absolute atomic E-state index is 0.122. The Morgan fingerprint density at radius 3 is 2.83 bits per heavy atom. The SMILES string of the molecule is C[C@H](Cc1cc2c(c(C(N)=O)c1)N(CCCO)CC2)NCCOc1cc(F)ccc1OCC1CC1. The van der Waals surface area contributed by atoms with Crippen molar-refractivity contribution >= 4 is 11.6 Å². The zero-order chi connectivity index (χ0) is 24.8. The van der Waals surface area contributed by atoms with Gasteiger partial charge in [0, 0.05) is 38.3 Å². The lowest BCUT2D eigenvalue weighted by Crippen LogP contribution is -2.32. The van der Waals surface area contributed by atoms with Crippen LogP contribution in [0.5, 0.6) is 11.5 Å². The fourth-order valence-corrected chi connectivity index (χ4v) is 4.58. The van der Waals surface area contributed by atoms with Crippen LogP contribution in [0, 0.1) is 11.7 Å². The molecule has 4 rings (SSSR count). The Labute approximate surface area is 206 Å². The molecule has 0 radical (unpaired) electrons. The van der Waals surface area contributed by atoms with E-state index in [2.05, 4.69) is 23.2 Å². The van der Waals surface area contributed by atoms with Crippen LogP contribution < -0.4 is 25.4 Å². The summed E-state index contributed by atoms with van der Waals surface area (Å²) in [7, 11) is 0. The topological polar surface area (TPSA) is 97.1 Å². The second-order valence-corrected chi connectivity index (χ2v) is 9.58.